The molecule has 1 aliphatic rings. The Labute approximate surface area is 185 Å². The third kappa shape index (κ3) is 5.60. The Kier molecular flexibility index (Phi) is 7.40. The highest BCUT2D eigenvalue weighted by molar-refractivity contribution is 6.07. The number of halogens is 2. The zero-order valence-electron chi connectivity index (χ0n) is 18.1. The van der Waals surface area contributed by atoms with Crippen LogP contribution in [0.4, 0.5) is 25.0 Å². The second kappa shape index (κ2) is 10.2. The standard InChI is InChI=1S/C23H26F2N4O3/c1-3-26-23(32)29-8-4-7-28(9-10-29)21-6-5-16(15(2)30)13-20(21)27-22(31)17-11-18(24)14-19(25)12-17/h5-6,11-14H,3-4,7-10H2,1-2H3,(H,26,32)(H,27,31). The lowest BCUT2D eigenvalue weighted by molar-refractivity contribution is 0.101. The van der Waals surface area contributed by atoms with Gasteiger partial charge in [0.1, 0.15) is 11.6 Å². The summed E-state index contributed by atoms with van der Waals surface area (Å²) in [5.74, 6) is -2.58. The Bertz CT molecular complexity index is 1010. The lowest BCUT2D eigenvalue weighted by atomic mass is 10.1. The molecule has 32 heavy (non-hydrogen) atoms. The minimum Gasteiger partial charge on any atom is -0.368 e. The van der Waals surface area contributed by atoms with Crippen molar-refractivity contribution in [1.82, 2.24) is 10.2 Å². The van der Waals surface area contributed by atoms with Gasteiger partial charge < -0.3 is 20.4 Å². The summed E-state index contributed by atoms with van der Waals surface area (Å²) in [4.78, 5) is 40.5. The first-order valence-corrected chi connectivity index (χ1v) is 10.5. The molecule has 0 saturated carbocycles. The van der Waals surface area contributed by atoms with E-state index in [2.05, 4.69) is 10.6 Å². The molecule has 9 heteroatoms. The zero-order valence-corrected chi connectivity index (χ0v) is 18.1. The van der Waals surface area contributed by atoms with Crippen LogP contribution in [0.25, 0.3) is 0 Å². The van der Waals surface area contributed by atoms with Gasteiger partial charge in [-0.05, 0) is 50.6 Å². The van der Waals surface area contributed by atoms with E-state index in [1.54, 1.807) is 23.1 Å². The van der Waals surface area contributed by atoms with E-state index in [-0.39, 0.29) is 17.4 Å². The fourth-order valence-electron chi connectivity index (χ4n) is 3.63. The van der Waals surface area contributed by atoms with Gasteiger partial charge in [-0.3, -0.25) is 9.59 Å². The summed E-state index contributed by atoms with van der Waals surface area (Å²) in [5.41, 5.74) is 1.25. The first kappa shape index (κ1) is 23.2. The largest absolute Gasteiger partial charge is 0.368 e. The molecule has 2 N–H and O–H groups in total. The molecule has 0 spiro atoms. The average Bonchev–Trinajstić information content (AvgIpc) is 2.99. The first-order valence-electron chi connectivity index (χ1n) is 10.5. The molecule has 1 heterocycles. The maximum absolute atomic E-state index is 13.6. The van der Waals surface area contributed by atoms with Gasteiger partial charge in [0.05, 0.1) is 11.4 Å². The van der Waals surface area contributed by atoms with Crippen LogP contribution in [-0.2, 0) is 0 Å². The number of nitrogens with zero attached hydrogens (tertiary/aromatic N) is 2. The summed E-state index contributed by atoms with van der Waals surface area (Å²) in [7, 11) is 0. The van der Waals surface area contributed by atoms with Gasteiger partial charge in [0.2, 0.25) is 0 Å². The molecule has 2 aromatic rings. The van der Waals surface area contributed by atoms with E-state index in [0.717, 1.165) is 12.1 Å². The number of carbonyl (C=O) groups is 3. The highest BCUT2D eigenvalue weighted by Crippen LogP contribution is 2.29. The Morgan fingerprint density at radius 3 is 2.31 bits per heavy atom. The molecule has 0 atom stereocenters. The van der Waals surface area contributed by atoms with Crippen molar-refractivity contribution in [2.24, 2.45) is 0 Å². The van der Waals surface area contributed by atoms with Crippen molar-refractivity contribution in [3.05, 3.63) is 59.2 Å². The van der Waals surface area contributed by atoms with Gasteiger partial charge in [-0.15, -0.1) is 0 Å². The fourth-order valence-corrected chi connectivity index (χ4v) is 3.63. The number of benzene rings is 2. The number of Topliss-reactive ketones (excluding diaryl/α,β-unsaturated/α-hetero) is 1. The lowest BCUT2D eigenvalue weighted by Gasteiger charge is -2.26. The minimum absolute atomic E-state index is 0.122. The number of urea groups is 1. The van der Waals surface area contributed by atoms with Crippen LogP contribution >= 0.6 is 0 Å². The van der Waals surface area contributed by atoms with Crippen LogP contribution < -0.4 is 15.5 Å². The highest BCUT2D eigenvalue weighted by atomic mass is 19.1. The quantitative estimate of drug-likeness (QED) is 0.690. The maximum Gasteiger partial charge on any atom is 0.317 e. The Morgan fingerprint density at radius 1 is 0.938 bits per heavy atom. The summed E-state index contributed by atoms with van der Waals surface area (Å²) in [6, 6.07) is 7.42. The molecule has 1 fully saturated rings. The molecule has 0 bridgehead atoms. The SMILES string of the molecule is CCNC(=O)N1CCCN(c2ccc(C(C)=O)cc2NC(=O)c2cc(F)cc(F)c2)CC1. The average molecular weight is 444 g/mol. The van der Waals surface area contributed by atoms with Crippen LogP contribution in [0.5, 0.6) is 0 Å². The molecule has 170 valence electrons. The van der Waals surface area contributed by atoms with Gasteiger partial charge in [0, 0.05) is 49.9 Å². The van der Waals surface area contributed by atoms with Crippen molar-refractivity contribution in [3.8, 4) is 0 Å². The van der Waals surface area contributed by atoms with Crippen molar-refractivity contribution < 1.29 is 23.2 Å². The first-order chi connectivity index (χ1) is 15.3. The van der Waals surface area contributed by atoms with Crippen LogP contribution in [0.2, 0.25) is 0 Å². The Hall–Kier alpha value is -3.49. The summed E-state index contributed by atoms with van der Waals surface area (Å²) in [5, 5.41) is 5.48. The molecule has 0 aliphatic carbocycles. The van der Waals surface area contributed by atoms with Crippen molar-refractivity contribution in [1.29, 1.82) is 0 Å². The van der Waals surface area contributed by atoms with Gasteiger partial charge in [-0.2, -0.15) is 0 Å². The van der Waals surface area contributed by atoms with E-state index in [9.17, 15) is 23.2 Å². The van der Waals surface area contributed by atoms with Crippen LogP contribution in [0, 0.1) is 11.6 Å². The van der Waals surface area contributed by atoms with Crippen molar-refractivity contribution in [2.75, 3.05) is 42.9 Å². The van der Waals surface area contributed by atoms with E-state index < -0.39 is 17.5 Å². The molecule has 3 amide bonds. The van der Waals surface area contributed by atoms with Gasteiger partial charge >= 0.3 is 6.03 Å². The Balaban J connectivity index is 1.87. The number of rotatable bonds is 5. The smallest absolute Gasteiger partial charge is 0.317 e. The number of nitrogens with one attached hydrogen (secondary N) is 2. The molecular weight excluding hydrogens is 418 g/mol. The topological polar surface area (TPSA) is 81.8 Å². The molecule has 0 unspecified atom stereocenters. The minimum atomic E-state index is -0.856. The van der Waals surface area contributed by atoms with Crippen molar-refractivity contribution >= 4 is 29.1 Å². The summed E-state index contributed by atoms with van der Waals surface area (Å²) in [6.07, 6.45) is 0.716. The van der Waals surface area contributed by atoms with E-state index >= 15 is 0 Å². The molecule has 3 rings (SSSR count). The maximum atomic E-state index is 13.6. The molecule has 1 saturated heterocycles. The molecule has 2 aromatic carbocycles. The normalized spacial score (nSPS) is 14.0. The van der Waals surface area contributed by atoms with E-state index in [1.807, 2.05) is 11.8 Å². The van der Waals surface area contributed by atoms with E-state index in [0.29, 0.717) is 62.1 Å². The van der Waals surface area contributed by atoms with Gasteiger partial charge in [0.15, 0.2) is 5.78 Å². The number of carbonyl (C=O) groups excluding carboxylic acids is 3. The van der Waals surface area contributed by atoms with Crippen molar-refractivity contribution in [2.45, 2.75) is 20.3 Å². The fraction of sp³-hybridized carbons (Fsp3) is 0.348. The van der Waals surface area contributed by atoms with Gasteiger partial charge in [0.25, 0.3) is 5.91 Å². The molecule has 0 aromatic heterocycles. The second-order valence-corrected chi connectivity index (χ2v) is 7.56. The van der Waals surface area contributed by atoms with E-state index in [4.69, 9.17) is 0 Å². The number of hydrogen-bond donors (Lipinski definition) is 2. The van der Waals surface area contributed by atoms with Crippen LogP contribution in [0.1, 0.15) is 41.0 Å². The highest BCUT2D eigenvalue weighted by Gasteiger charge is 2.22. The zero-order chi connectivity index (χ0) is 23.3. The summed E-state index contributed by atoms with van der Waals surface area (Å²) < 4.78 is 27.1. The molecule has 0 radical (unpaired) electrons. The molecule has 7 nitrogen and oxygen atoms in total. The summed E-state index contributed by atoms with van der Waals surface area (Å²) >= 11 is 0. The Morgan fingerprint density at radius 2 is 1.66 bits per heavy atom. The van der Waals surface area contributed by atoms with Crippen LogP contribution in [-0.4, -0.2) is 55.3 Å². The number of amides is 3. The molecule has 1 aliphatic heterocycles. The van der Waals surface area contributed by atoms with Crippen molar-refractivity contribution in [3.63, 3.8) is 0 Å². The molecular formula is C23H26F2N4O3. The predicted octanol–water partition coefficient (Wildman–Crippen LogP) is 3.66. The summed E-state index contributed by atoms with van der Waals surface area (Å²) in [6.45, 7) is 6.06. The third-order valence-electron chi connectivity index (χ3n) is 5.23. The lowest BCUT2D eigenvalue weighted by Crippen LogP contribution is -2.42. The third-order valence-corrected chi connectivity index (χ3v) is 5.23. The van der Waals surface area contributed by atoms with E-state index in [1.165, 1.54) is 6.92 Å². The number of hydrogen-bond acceptors (Lipinski definition) is 4. The number of ketones is 1. The number of anilines is 2. The van der Waals surface area contributed by atoms with Gasteiger partial charge in [-0.25, -0.2) is 13.6 Å². The predicted molar refractivity (Wildman–Crippen MR) is 118 cm³/mol. The van der Waals surface area contributed by atoms with Crippen LogP contribution in [0.15, 0.2) is 36.4 Å². The van der Waals surface area contributed by atoms with Crippen LogP contribution in [0.3, 0.4) is 0 Å². The van der Waals surface area contributed by atoms with Gasteiger partial charge in [-0.1, -0.05) is 0 Å². The monoisotopic (exact) mass is 444 g/mol. The second-order valence-electron chi connectivity index (χ2n) is 7.56.